The van der Waals surface area contributed by atoms with Crippen LogP contribution in [0.3, 0.4) is 0 Å². The number of hydrogen-bond donors (Lipinski definition) is 3. The maximum absolute atomic E-state index is 12.9. The summed E-state index contributed by atoms with van der Waals surface area (Å²) in [6.45, 7) is 4.00. The van der Waals surface area contributed by atoms with Crippen LogP contribution in [0.1, 0.15) is 25.8 Å². The van der Waals surface area contributed by atoms with Crippen molar-refractivity contribution in [2.24, 2.45) is 5.92 Å². The monoisotopic (exact) mass is 279 g/mol. The number of rotatable bonds is 5. The second-order valence-corrected chi connectivity index (χ2v) is 4.83. The molecule has 2 unspecified atom stereocenters. The van der Waals surface area contributed by atoms with Crippen LogP contribution in [0, 0.1) is 23.1 Å². The van der Waals surface area contributed by atoms with Gasteiger partial charge in [0, 0.05) is 6.54 Å². The van der Waals surface area contributed by atoms with E-state index in [2.05, 4.69) is 10.6 Å². The van der Waals surface area contributed by atoms with Crippen LogP contribution < -0.4 is 10.6 Å². The van der Waals surface area contributed by atoms with Crippen molar-refractivity contribution < 1.29 is 14.3 Å². The second kappa shape index (κ2) is 7.46. The third kappa shape index (κ3) is 5.24. The van der Waals surface area contributed by atoms with E-state index in [1.54, 1.807) is 6.92 Å². The van der Waals surface area contributed by atoms with E-state index in [1.807, 2.05) is 13.0 Å². The van der Waals surface area contributed by atoms with Crippen molar-refractivity contribution in [1.82, 2.24) is 5.32 Å². The number of amides is 2. The Morgan fingerprint density at radius 1 is 1.50 bits per heavy atom. The van der Waals surface area contributed by atoms with Gasteiger partial charge in [-0.05, 0) is 37.5 Å². The van der Waals surface area contributed by atoms with Crippen LogP contribution in [0.15, 0.2) is 18.2 Å². The van der Waals surface area contributed by atoms with Crippen molar-refractivity contribution in [3.63, 3.8) is 0 Å². The Kier molecular flexibility index (Phi) is 5.94. The average molecular weight is 279 g/mol. The van der Waals surface area contributed by atoms with Gasteiger partial charge in [-0.2, -0.15) is 5.26 Å². The number of nitrogens with one attached hydrogen (secondary N) is 2. The zero-order chi connectivity index (χ0) is 15.1. The van der Waals surface area contributed by atoms with Crippen molar-refractivity contribution in [2.45, 2.75) is 26.4 Å². The van der Waals surface area contributed by atoms with Crippen molar-refractivity contribution in [1.29, 1.82) is 5.26 Å². The predicted molar refractivity (Wildman–Crippen MR) is 73.6 cm³/mol. The quantitative estimate of drug-likeness (QED) is 0.772. The van der Waals surface area contributed by atoms with Gasteiger partial charge in [-0.15, -0.1) is 0 Å². The molecule has 0 aliphatic carbocycles. The van der Waals surface area contributed by atoms with Gasteiger partial charge in [-0.1, -0.05) is 6.92 Å². The largest absolute Gasteiger partial charge is 0.393 e. The van der Waals surface area contributed by atoms with E-state index in [0.717, 1.165) is 6.07 Å². The van der Waals surface area contributed by atoms with E-state index in [-0.39, 0.29) is 17.2 Å². The number of aliphatic hydroxyl groups is 1. The van der Waals surface area contributed by atoms with Gasteiger partial charge in [0.2, 0.25) is 0 Å². The highest BCUT2D eigenvalue weighted by molar-refractivity contribution is 5.90. The standard InChI is InChI=1S/C14H18FN3O2/c1-9(5-10(2)19)8-17-14(20)18-13-4-3-12(15)6-11(13)7-16/h3-4,6,9-10,19H,5,8H2,1-2H3,(H2,17,18,20). The maximum atomic E-state index is 12.9. The van der Waals surface area contributed by atoms with Gasteiger partial charge in [0.15, 0.2) is 0 Å². The first-order valence-electron chi connectivity index (χ1n) is 6.35. The molecule has 0 saturated carbocycles. The molecule has 0 saturated heterocycles. The van der Waals surface area contributed by atoms with Gasteiger partial charge in [-0.25, -0.2) is 9.18 Å². The van der Waals surface area contributed by atoms with Crippen LogP contribution in [-0.2, 0) is 0 Å². The first-order chi connectivity index (χ1) is 9.42. The summed E-state index contributed by atoms with van der Waals surface area (Å²) in [5, 5.41) is 23.2. The molecule has 0 aliphatic heterocycles. The topological polar surface area (TPSA) is 85.2 Å². The zero-order valence-electron chi connectivity index (χ0n) is 11.5. The molecule has 1 aromatic carbocycles. The smallest absolute Gasteiger partial charge is 0.319 e. The molecule has 2 amide bonds. The molecule has 0 radical (unpaired) electrons. The van der Waals surface area contributed by atoms with E-state index in [4.69, 9.17) is 5.26 Å². The highest BCUT2D eigenvalue weighted by Gasteiger charge is 2.10. The average Bonchev–Trinajstić information content (AvgIpc) is 2.37. The SMILES string of the molecule is CC(O)CC(C)CNC(=O)Nc1ccc(F)cc1C#N. The van der Waals surface area contributed by atoms with Crippen molar-refractivity contribution in [3.05, 3.63) is 29.6 Å². The molecule has 108 valence electrons. The molecule has 5 nitrogen and oxygen atoms in total. The molecular weight excluding hydrogens is 261 g/mol. The minimum absolute atomic E-state index is 0.0668. The summed E-state index contributed by atoms with van der Waals surface area (Å²) >= 11 is 0. The molecule has 3 N–H and O–H groups in total. The van der Waals surface area contributed by atoms with Crippen molar-refractivity contribution in [3.8, 4) is 6.07 Å². The number of urea groups is 1. The molecule has 1 aromatic rings. The number of anilines is 1. The summed E-state index contributed by atoms with van der Waals surface area (Å²) in [7, 11) is 0. The summed E-state index contributed by atoms with van der Waals surface area (Å²) in [6, 6.07) is 4.92. The fourth-order valence-electron chi connectivity index (χ4n) is 1.82. The summed E-state index contributed by atoms with van der Waals surface area (Å²) < 4.78 is 12.9. The van der Waals surface area contributed by atoms with E-state index in [0.29, 0.717) is 13.0 Å². The number of hydrogen-bond acceptors (Lipinski definition) is 3. The Morgan fingerprint density at radius 2 is 2.20 bits per heavy atom. The molecule has 6 heteroatoms. The molecular formula is C14H18FN3O2. The first-order valence-corrected chi connectivity index (χ1v) is 6.35. The Bertz CT molecular complexity index is 512. The summed E-state index contributed by atoms with van der Waals surface area (Å²) in [5.41, 5.74) is 0.326. The Morgan fingerprint density at radius 3 is 2.80 bits per heavy atom. The van der Waals surface area contributed by atoms with E-state index >= 15 is 0 Å². The lowest BCUT2D eigenvalue weighted by Gasteiger charge is -2.15. The molecule has 0 bridgehead atoms. The molecule has 0 fully saturated rings. The normalized spacial score (nSPS) is 13.2. The van der Waals surface area contributed by atoms with E-state index < -0.39 is 18.0 Å². The second-order valence-electron chi connectivity index (χ2n) is 4.83. The highest BCUT2D eigenvalue weighted by atomic mass is 19.1. The van der Waals surface area contributed by atoms with Crippen LogP contribution >= 0.6 is 0 Å². The number of nitrogens with zero attached hydrogens (tertiary/aromatic N) is 1. The van der Waals surface area contributed by atoms with Gasteiger partial charge < -0.3 is 15.7 Å². The Balaban J connectivity index is 2.53. The van der Waals surface area contributed by atoms with Gasteiger partial charge in [0.25, 0.3) is 0 Å². The van der Waals surface area contributed by atoms with Crippen LogP contribution in [0.4, 0.5) is 14.9 Å². The Labute approximate surface area is 117 Å². The lowest BCUT2D eigenvalue weighted by atomic mass is 10.1. The van der Waals surface area contributed by atoms with Crippen molar-refractivity contribution in [2.75, 3.05) is 11.9 Å². The van der Waals surface area contributed by atoms with Gasteiger partial charge in [0.1, 0.15) is 11.9 Å². The molecule has 20 heavy (non-hydrogen) atoms. The highest BCUT2D eigenvalue weighted by Crippen LogP contribution is 2.15. The maximum Gasteiger partial charge on any atom is 0.319 e. The Hall–Kier alpha value is -2.13. The summed E-state index contributed by atoms with van der Waals surface area (Å²) in [5.74, 6) is -0.400. The van der Waals surface area contributed by atoms with Gasteiger partial charge in [0.05, 0.1) is 17.4 Å². The molecule has 2 atom stereocenters. The molecule has 1 rings (SSSR count). The zero-order valence-corrected chi connectivity index (χ0v) is 11.5. The van der Waals surface area contributed by atoms with Gasteiger partial charge in [-0.3, -0.25) is 0 Å². The number of halogens is 1. The molecule has 0 spiro atoms. The third-order valence-corrected chi connectivity index (χ3v) is 2.70. The number of benzene rings is 1. The van der Waals surface area contributed by atoms with E-state index in [1.165, 1.54) is 12.1 Å². The van der Waals surface area contributed by atoms with E-state index in [9.17, 15) is 14.3 Å². The first kappa shape index (κ1) is 15.9. The fraction of sp³-hybridized carbons (Fsp3) is 0.429. The molecule has 0 heterocycles. The predicted octanol–water partition coefficient (Wildman–Crippen LogP) is 2.23. The van der Waals surface area contributed by atoms with Crippen molar-refractivity contribution >= 4 is 11.7 Å². The number of aliphatic hydroxyl groups excluding tert-OH is 1. The minimum atomic E-state index is -0.530. The van der Waals surface area contributed by atoms with Crippen LogP contribution in [0.5, 0.6) is 0 Å². The summed E-state index contributed by atoms with van der Waals surface area (Å²) in [4.78, 5) is 11.7. The third-order valence-electron chi connectivity index (χ3n) is 2.70. The minimum Gasteiger partial charge on any atom is -0.393 e. The molecule has 0 aliphatic rings. The van der Waals surface area contributed by atoms with Crippen LogP contribution in [-0.4, -0.2) is 23.8 Å². The lowest BCUT2D eigenvalue weighted by Crippen LogP contribution is -2.33. The number of carbonyl (C=O) groups excluding carboxylic acids is 1. The number of nitriles is 1. The summed E-state index contributed by atoms with van der Waals surface area (Å²) in [6.07, 6.45) is 0.164. The van der Waals surface area contributed by atoms with Gasteiger partial charge >= 0.3 is 6.03 Å². The lowest BCUT2D eigenvalue weighted by molar-refractivity contribution is 0.163. The van der Waals surface area contributed by atoms with Crippen LogP contribution in [0.2, 0.25) is 0 Å². The van der Waals surface area contributed by atoms with Crippen LogP contribution in [0.25, 0.3) is 0 Å². The fourth-order valence-corrected chi connectivity index (χ4v) is 1.82. The number of carbonyl (C=O) groups is 1. The molecule has 0 aromatic heterocycles.